The highest BCUT2D eigenvalue weighted by Crippen LogP contribution is 2.48. The van der Waals surface area contributed by atoms with Gasteiger partial charge in [-0.15, -0.1) is 0 Å². The molecule has 4 aromatic heterocycles. The Labute approximate surface area is 498 Å². The number of rotatable bonds is 6. The van der Waals surface area contributed by atoms with E-state index in [1.165, 1.54) is 18.2 Å². The highest BCUT2D eigenvalue weighted by atomic mass is 16.5. The fourth-order valence-electron chi connectivity index (χ4n) is 12.1. The molecule has 5 heterocycles. The molecule has 0 atom stereocenters. The molecule has 0 fully saturated rings. The van der Waals surface area contributed by atoms with E-state index >= 15 is 0 Å². The molecule has 396 valence electrons. The topological polar surface area (TPSA) is 40.8 Å². The Morgan fingerprint density at radius 1 is 0.488 bits per heavy atom. The highest BCUT2D eigenvalue weighted by molar-refractivity contribution is 6.11. The van der Waals surface area contributed by atoms with Gasteiger partial charge in [0.1, 0.15) is 17.3 Å². The van der Waals surface area contributed by atoms with Crippen molar-refractivity contribution in [3.63, 3.8) is 0 Å². The van der Waals surface area contributed by atoms with Crippen LogP contribution >= 0.6 is 0 Å². The van der Waals surface area contributed by atoms with Crippen molar-refractivity contribution in [2.24, 2.45) is 0 Å². The number of benzene rings is 10. The number of fused-ring (bicyclic) bond motifs is 13. The third-order valence-electron chi connectivity index (χ3n) is 16.1. The van der Waals surface area contributed by atoms with E-state index in [1.807, 2.05) is 157 Å². The van der Waals surface area contributed by atoms with Gasteiger partial charge in [0.25, 0.3) is 6.33 Å². The molecular weight excluding hydrogens is 999 g/mol. The molecule has 15 rings (SSSR count). The van der Waals surface area contributed by atoms with Gasteiger partial charge >= 0.3 is 0 Å². The van der Waals surface area contributed by atoms with E-state index in [-0.39, 0.29) is 72.4 Å². The van der Waals surface area contributed by atoms with Crippen molar-refractivity contribution in [3.05, 3.63) is 253 Å². The Balaban J connectivity index is 1.10. The van der Waals surface area contributed by atoms with Gasteiger partial charge in [0, 0.05) is 42.0 Å². The normalized spacial score (nSPS) is 15.1. The first-order chi connectivity index (χ1) is 45.5. The average Bonchev–Trinajstić information content (AvgIpc) is 1.45. The van der Waals surface area contributed by atoms with Crippen LogP contribution in [0.4, 0.5) is 0 Å². The van der Waals surface area contributed by atoms with Crippen LogP contribution in [-0.4, -0.2) is 18.7 Å². The molecule has 14 aromatic rings. The Bertz CT molecular complexity index is 5600. The summed E-state index contributed by atoms with van der Waals surface area (Å²) in [6.07, 6.45) is 5.59. The van der Waals surface area contributed by atoms with Crippen LogP contribution in [0.3, 0.4) is 0 Å². The minimum Gasteiger partial charge on any atom is -0.458 e. The van der Waals surface area contributed by atoms with Gasteiger partial charge in [0.15, 0.2) is 0 Å². The number of hydrogen-bond donors (Lipinski definition) is 0. The highest BCUT2D eigenvalue weighted by Gasteiger charge is 2.31. The molecule has 0 N–H and O–H groups in total. The number of para-hydroxylation sites is 3. The summed E-state index contributed by atoms with van der Waals surface area (Å²) >= 11 is 0. The lowest BCUT2D eigenvalue weighted by atomic mass is 9.83. The number of imidazole rings is 1. The second-order valence-electron chi connectivity index (χ2n) is 23.2. The Kier molecular flexibility index (Phi) is 8.18. The van der Waals surface area contributed by atoms with Crippen LogP contribution in [0.25, 0.3) is 122 Å². The fraction of sp³-hybridized carbons (Fsp3) is 0.132. The van der Waals surface area contributed by atoms with E-state index in [0.29, 0.717) is 39.3 Å². The molecule has 1 aliphatic rings. The van der Waals surface area contributed by atoms with E-state index in [0.717, 1.165) is 49.5 Å². The Morgan fingerprint density at radius 2 is 1.06 bits per heavy atom. The molecule has 0 saturated carbocycles. The number of pyridine rings is 1. The summed E-state index contributed by atoms with van der Waals surface area (Å²) in [6.45, 7) is 6.80. The van der Waals surface area contributed by atoms with E-state index in [1.54, 1.807) is 16.7 Å². The Morgan fingerprint density at radius 3 is 1.70 bits per heavy atom. The average molecular weight is 1070 g/mol. The number of nitrogens with zero attached hydrogens (tertiary/aromatic N) is 5. The maximum absolute atomic E-state index is 10.2. The number of aryl methyl sites for hydroxylation is 2. The molecule has 0 spiro atoms. The van der Waals surface area contributed by atoms with Crippen LogP contribution < -0.4 is 9.30 Å². The van der Waals surface area contributed by atoms with Gasteiger partial charge in [-0.25, -0.2) is 4.98 Å². The number of hydrogen-bond acceptors (Lipinski definition) is 2. The maximum atomic E-state index is 10.2. The molecule has 6 nitrogen and oxygen atoms in total. The summed E-state index contributed by atoms with van der Waals surface area (Å²) in [4.78, 5) is 4.90. The monoisotopic (exact) mass is 1070 g/mol. The van der Waals surface area contributed by atoms with Crippen molar-refractivity contribution in [2.45, 2.75) is 66.1 Å². The lowest BCUT2D eigenvalue weighted by Crippen LogP contribution is -2.33. The Hall–Kier alpha value is -9.78. The minimum atomic E-state index is -2.90. The quantitative estimate of drug-likeness (QED) is 0.123. The summed E-state index contributed by atoms with van der Waals surface area (Å²) in [5.74, 6) is 1.73. The van der Waals surface area contributed by atoms with Gasteiger partial charge in [-0.1, -0.05) is 175 Å². The molecule has 82 heavy (non-hydrogen) atoms. The van der Waals surface area contributed by atoms with Crippen molar-refractivity contribution in [2.75, 3.05) is 0 Å². The van der Waals surface area contributed by atoms with Crippen molar-refractivity contribution in [1.82, 2.24) is 18.7 Å². The second kappa shape index (κ2) is 18.4. The third kappa shape index (κ3) is 7.76. The molecule has 10 aromatic carbocycles. The predicted octanol–water partition coefficient (Wildman–Crippen LogP) is 19.3. The van der Waals surface area contributed by atoms with Crippen molar-refractivity contribution >= 4 is 54.6 Å². The van der Waals surface area contributed by atoms with Crippen LogP contribution in [0.15, 0.2) is 224 Å². The van der Waals surface area contributed by atoms with Gasteiger partial charge in [-0.2, -0.15) is 0 Å². The molecule has 0 unspecified atom stereocenters. The first kappa shape index (κ1) is 36.5. The summed E-state index contributed by atoms with van der Waals surface area (Å²) in [6, 6.07) is 47.6. The van der Waals surface area contributed by atoms with Crippen LogP contribution in [0.2, 0.25) is 0 Å². The zero-order valence-electron chi connectivity index (χ0n) is 59.9. The van der Waals surface area contributed by atoms with Crippen molar-refractivity contribution in [3.8, 4) is 78.9 Å². The van der Waals surface area contributed by atoms with Crippen LogP contribution in [0.1, 0.15) is 83.0 Å². The van der Waals surface area contributed by atoms with E-state index in [4.69, 9.17) is 17.9 Å². The molecule has 0 aliphatic carbocycles. The van der Waals surface area contributed by atoms with Gasteiger partial charge in [0.05, 0.1) is 61.1 Å². The molecular formula is C76H61N5O. The first-order valence-corrected chi connectivity index (χ1v) is 27.4. The smallest absolute Gasteiger partial charge is 0.269 e. The second-order valence-corrected chi connectivity index (χ2v) is 23.2. The van der Waals surface area contributed by atoms with E-state index < -0.39 is 67.5 Å². The number of ether oxygens (including phenoxy) is 1. The van der Waals surface area contributed by atoms with Gasteiger partial charge in [-0.05, 0) is 170 Å². The van der Waals surface area contributed by atoms with E-state index in [2.05, 4.69) is 49.9 Å². The van der Waals surface area contributed by atoms with Crippen LogP contribution in [0, 0.1) is 20.0 Å². The molecule has 0 bridgehead atoms. The molecule has 0 radical (unpaired) electrons. The summed E-state index contributed by atoms with van der Waals surface area (Å²) in [7, 11) is 0. The first-order valence-electron chi connectivity index (χ1n) is 34.4. The zero-order valence-corrected chi connectivity index (χ0v) is 45.9. The molecule has 1 aliphatic heterocycles. The fourth-order valence-corrected chi connectivity index (χ4v) is 12.1. The van der Waals surface area contributed by atoms with E-state index in [9.17, 15) is 11.0 Å². The number of aromatic nitrogens is 5. The van der Waals surface area contributed by atoms with Crippen LogP contribution in [-0.2, 0) is 10.8 Å². The predicted molar refractivity (Wildman–Crippen MR) is 339 cm³/mol. The summed E-state index contributed by atoms with van der Waals surface area (Å²) in [5.41, 5.74) is 4.98. The van der Waals surface area contributed by atoms with Crippen molar-refractivity contribution < 1.29 is 28.5 Å². The molecule has 0 saturated heterocycles. The van der Waals surface area contributed by atoms with Crippen LogP contribution in [0.5, 0.6) is 11.5 Å². The lowest BCUT2D eigenvalue weighted by Gasteiger charge is -2.23. The standard InChI is InChI=1S/C76H61N5O/c1-47-21-19-22-48(2)72(47)49-39-63-57-27-11-9-25-55(57)56-26-10-12-28-58(56)64-41-51(76(6,7)8)42-69-73(64)79(74(63)70(40-49)80-65-32-16-13-29-59(65)60-30-14-17-33-66(60)80)46-78(69)52-23-20-24-53(44-52)82-54-35-36-62-61-31-15-18-34-67(61)81(68(62)45-54)71-43-50(37-38-77-71)75(3,4)5/h9-45H,1-8H3/i1D3,2D3,9D,10D,11D,12D,25D,26D,27D,28D. The largest absolute Gasteiger partial charge is 0.458 e. The molecule has 6 heteroatoms. The molecule has 0 amide bonds. The lowest BCUT2D eigenvalue weighted by molar-refractivity contribution is -0.571. The van der Waals surface area contributed by atoms with Gasteiger partial charge < -0.3 is 9.30 Å². The van der Waals surface area contributed by atoms with Crippen molar-refractivity contribution in [1.29, 1.82) is 0 Å². The summed E-state index contributed by atoms with van der Waals surface area (Å²) in [5, 5.41) is 3.68. The summed E-state index contributed by atoms with van der Waals surface area (Å²) < 4.78 is 147. The SMILES string of the molecule is [2H]c1c([2H])c([2H])c2c(c1[2H])-c1cc(-c3c(C([2H])([2H])[2H])cccc3C([2H])([2H])[2H])cc(-n3c4ccccc4c4ccccc43)c1-[n+]1[c-]n(-c3cccc(Oc4ccc5c6ccccc6n(-c6cc(C(C)(C)C)ccn6)c5c4)c3)c3cc(C(C)(C)C)cc(c31)-c1c([2H])c([2H])c([2H])c([2H])c1-2. The van der Waals surface area contributed by atoms with Gasteiger partial charge in [0.2, 0.25) is 0 Å². The third-order valence-corrected chi connectivity index (χ3v) is 16.1. The van der Waals surface area contributed by atoms with Gasteiger partial charge in [-0.3, -0.25) is 13.7 Å². The zero-order chi connectivity index (χ0) is 67.7. The minimum absolute atomic E-state index is 0.0276. The maximum Gasteiger partial charge on any atom is 0.269 e.